The highest BCUT2D eigenvalue weighted by Crippen LogP contribution is 2.24. The van der Waals surface area contributed by atoms with Crippen LogP contribution < -0.4 is 0 Å². The summed E-state index contributed by atoms with van der Waals surface area (Å²) in [5.74, 6) is 1.46. The number of benzene rings is 1. The average molecular weight is 274 g/mol. The monoisotopic (exact) mass is 274 g/mol. The molecule has 0 unspecified atom stereocenters. The van der Waals surface area contributed by atoms with Crippen molar-refractivity contribution in [3.63, 3.8) is 0 Å². The van der Waals surface area contributed by atoms with Crippen LogP contribution in [0.15, 0.2) is 42.6 Å². The first kappa shape index (κ1) is 10.7. The van der Waals surface area contributed by atoms with Gasteiger partial charge in [-0.25, -0.2) is 15.0 Å². The number of nitrogens with zero attached hydrogens (tertiary/aromatic N) is 6. The SMILES string of the molecule is Cc1nc2c3cccnc3n3c4ccccc4nc3n2n1. The lowest BCUT2D eigenvalue weighted by atomic mass is 10.3. The van der Waals surface area contributed by atoms with Crippen molar-refractivity contribution >= 4 is 33.5 Å². The van der Waals surface area contributed by atoms with E-state index in [4.69, 9.17) is 4.98 Å². The Morgan fingerprint density at radius 1 is 0.952 bits per heavy atom. The molecule has 0 saturated carbocycles. The molecule has 6 nitrogen and oxygen atoms in total. The topological polar surface area (TPSA) is 60.4 Å². The lowest BCUT2D eigenvalue weighted by molar-refractivity contribution is 0.924. The fraction of sp³-hybridized carbons (Fsp3) is 0.0667. The second kappa shape index (κ2) is 3.54. The van der Waals surface area contributed by atoms with E-state index >= 15 is 0 Å². The number of para-hydroxylation sites is 2. The summed E-state index contributed by atoms with van der Waals surface area (Å²) in [5, 5.41) is 5.45. The van der Waals surface area contributed by atoms with Gasteiger partial charge in [0.15, 0.2) is 11.3 Å². The summed E-state index contributed by atoms with van der Waals surface area (Å²) in [7, 11) is 0. The van der Waals surface area contributed by atoms with Gasteiger partial charge in [-0.1, -0.05) is 12.1 Å². The van der Waals surface area contributed by atoms with Gasteiger partial charge in [0, 0.05) is 6.20 Å². The van der Waals surface area contributed by atoms with E-state index in [2.05, 4.69) is 15.1 Å². The van der Waals surface area contributed by atoms with Gasteiger partial charge in [-0.3, -0.25) is 4.40 Å². The second-order valence-electron chi connectivity index (χ2n) is 5.00. The van der Waals surface area contributed by atoms with Gasteiger partial charge in [-0.2, -0.15) is 4.52 Å². The van der Waals surface area contributed by atoms with Crippen LogP contribution in [0.2, 0.25) is 0 Å². The van der Waals surface area contributed by atoms with Crippen LogP contribution in [-0.4, -0.2) is 29.0 Å². The highest BCUT2D eigenvalue weighted by atomic mass is 15.4. The molecule has 0 aliphatic heterocycles. The van der Waals surface area contributed by atoms with Crippen LogP contribution in [0.3, 0.4) is 0 Å². The minimum absolute atomic E-state index is 0.723. The van der Waals surface area contributed by atoms with Crippen LogP contribution in [0.4, 0.5) is 0 Å². The molecule has 0 radical (unpaired) electrons. The molecule has 100 valence electrons. The van der Waals surface area contributed by atoms with E-state index in [0.717, 1.165) is 39.3 Å². The number of hydrogen-bond acceptors (Lipinski definition) is 4. The quantitative estimate of drug-likeness (QED) is 0.435. The molecule has 0 bridgehead atoms. The Kier molecular flexibility index (Phi) is 1.81. The summed E-state index contributed by atoms with van der Waals surface area (Å²) < 4.78 is 3.82. The number of pyridine rings is 1. The zero-order valence-corrected chi connectivity index (χ0v) is 11.2. The maximum Gasteiger partial charge on any atom is 0.239 e. The molecule has 4 heterocycles. The summed E-state index contributed by atoms with van der Waals surface area (Å²) in [6, 6.07) is 11.9. The smallest absolute Gasteiger partial charge is 0.239 e. The van der Waals surface area contributed by atoms with Crippen LogP contribution in [0.25, 0.3) is 33.5 Å². The van der Waals surface area contributed by atoms with Crippen molar-refractivity contribution in [1.82, 2.24) is 29.0 Å². The van der Waals surface area contributed by atoms with Crippen molar-refractivity contribution in [2.45, 2.75) is 6.92 Å². The molecular weight excluding hydrogens is 264 g/mol. The Bertz CT molecular complexity index is 1150. The van der Waals surface area contributed by atoms with Gasteiger partial charge in [-0.05, 0) is 31.2 Å². The third kappa shape index (κ3) is 1.26. The Labute approximate surface area is 118 Å². The van der Waals surface area contributed by atoms with Gasteiger partial charge >= 0.3 is 0 Å². The molecule has 0 saturated heterocycles. The van der Waals surface area contributed by atoms with Crippen molar-refractivity contribution < 1.29 is 0 Å². The first-order valence-corrected chi connectivity index (χ1v) is 6.70. The summed E-state index contributed by atoms with van der Waals surface area (Å²) in [4.78, 5) is 13.7. The first-order chi connectivity index (χ1) is 10.3. The van der Waals surface area contributed by atoms with E-state index in [1.807, 2.05) is 47.7 Å². The van der Waals surface area contributed by atoms with Gasteiger partial charge in [0.25, 0.3) is 0 Å². The second-order valence-corrected chi connectivity index (χ2v) is 5.00. The molecule has 0 aliphatic carbocycles. The van der Waals surface area contributed by atoms with E-state index < -0.39 is 0 Å². The molecule has 0 spiro atoms. The van der Waals surface area contributed by atoms with Gasteiger partial charge in [-0.15, -0.1) is 5.10 Å². The van der Waals surface area contributed by atoms with Crippen LogP contribution in [0.1, 0.15) is 5.82 Å². The molecule has 6 heteroatoms. The zero-order valence-electron chi connectivity index (χ0n) is 11.2. The number of fused-ring (bicyclic) bond motifs is 8. The van der Waals surface area contributed by atoms with Gasteiger partial charge in [0.2, 0.25) is 5.78 Å². The van der Waals surface area contributed by atoms with E-state index in [1.165, 1.54) is 0 Å². The van der Waals surface area contributed by atoms with E-state index in [9.17, 15) is 0 Å². The van der Waals surface area contributed by atoms with Gasteiger partial charge in [0.1, 0.15) is 5.82 Å². The minimum Gasteiger partial charge on any atom is -0.260 e. The molecule has 1 aromatic carbocycles. The molecule has 5 rings (SSSR count). The number of aryl methyl sites for hydroxylation is 1. The van der Waals surface area contributed by atoms with Crippen molar-refractivity contribution in [2.24, 2.45) is 0 Å². The van der Waals surface area contributed by atoms with Gasteiger partial charge < -0.3 is 0 Å². The summed E-state index contributed by atoms with van der Waals surface area (Å²) >= 11 is 0. The van der Waals surface area contributed by atoms with Crippen molar-refractivity contribution in [3.8, 4) is 0 Å². The fourth-order valence-corrected chi connectivity index (χ4v) is 2.84. The Morgan fingerprint density at radius 2 is 1.86 bits per heavy atom. The molecule has 0 fully saturated rings. The predicted molar refractivity (Wildman–Crippen MR) is 79.3 cm³/mol. The largest absolute Gasteiger partial charge is 0.260 e. The maximum atomic E-state index is 4.69. The van der Waals surface area contributed by atoms with Gasteiger partial charge in [0.05, 0.1) is 16.4 Å². The summed E-state index contributed by atoms with van der Waals surface area (Å²) in [5.41, 5.74) is 3.58. The molecule has 0 N–H and O–H groups in total. The standard InChI is InChI=1S/C15H10N6/c1-9-17-14-10-5-4-8-16-13(10)20-12-7-3-2-6-11(12)18-15(20)21(14)19-9/h2-8H,1H3. The average Bonchev–Trinajstić information content (AvgIpc) is 3.08. The molecule has 4 aromatic heterocycles. The number of hydrogen-bond donors (Lipinski definition) is 0. The van der Waals surface area contributed by atoms with Crippen molar-refractivity contribution in [3.05, 3.63) is 48.4 Å². The zero-order chi connectivity index (χ0) is 14.0. The normalized spacial score (nSPS) is 12.0. The molecular formula is C15H10N6. The molecule has 0 atom stereocenters. The van der Waals surface area contributed by atoms with Crippen LogP contribution in [-0.2, 0) is 0 Å². The Balaban J connectivity index is 2.24. The van der Waals surface area contributed by atoms with E-state index in [-0.39, 0.29) is 0 Å². The highest BCUT2D eigenvalue weighted by Gasteiger charge is 2.16. The fourth-order valence-electron chi connectivity index (χ4n) is 2.84. The van der Waals surface area contributed by atoms with E-state index in [0.29, 0.717) is 0 Å². The molecule has 5 aromatic rings. The third-order valence-corrected chi connectivity index (χ3v) is 3.68. The molecule has 21 heavy (non-hydrogen) atoms. The highest BCUT2D eigenvalue weighted by molar-refractivity contribution is 5.95. The van der Waals surface area contributed by atoms with Crippen molar-refractivity contribution in [1.29, 1.82) is 0 Å². The molecule has 0 aliphatic rings. The lowest BCUT2D eigenvalue weighted by Crippen LogP contribution is -2.00. The molecule has 0 amide bonds. The Hall–Kier alpha value is -3.02. The van der Waals surface area contributed by atoms with E-state index in [1.54, 1.807) is 10.7 Å². The lowest BCUT2D eigenvalue weighted by Gasteiger charge is -2.03. The number of rotatable bonds is 0. The Morgan fingerprint density at radius 3 is 2.81 bits per heavy atom. The third-order valence-electron chi connectivity index (χ3n) is 3.68. The minimum atomic E-state index is 0.723. The first-order valence-electron chi connectivity index (χ1n) is 6.70. The van der Waals surface area contributed by atoms with Crippen LogP contribution >= 0.6 is 0 Å². The maximum absolute atomic E-state index is 4.69. The van der Waals surface area contributed by atoms with Crippen molar-refractivity contribution in [2.75, 3.05) is 0 Å². The summed E-state index contributed by atoms with van der Waals surface area (Å²) in [6.07, 6.45) is 1.79. The predicted octanol–water partition coefficient (Wildman–Crippen LogP) is 2.39. The number of imidazole rings is 1. The van der Waals surface area contributed by atoms with Crippen LogP contribution in [0, 0.1) is 6.92 Å². The number of aromatic nitrogens is 6. The van der Waals surface area contributed by atoms with Crippen LogP contribution in [0.5, 0.6) is 0 Å². The summed E-state index contributed by atoms with van der Waals surface area (Å²) in [6.45, 7) is 1.88.